The van der Waals surface area contributed by atoms with Crippen molar-refractivity contribution in [1.82, 2.24) is 0 Å². The summed E-state index contributed by atoms with van der Waals surface area (Å²) in [7, 11) is 0. The van der Waals surface area contributed by atoms with Crippen LogP contribution in [0.2, 0.25) is 0 Å². The van der Waals surface area contributed by atoms with Crippen LogP contribution in [0.1, 0.15) is 31.0 Å². The molecule has 0 heterocycles. The molecule has 0 aliphatic heterocycles. The summed E-state index contributed by atoms with van der Waals surface area (Å²) in [5.41, 5.74) is 9.09. The van der Waals surface area contributed by atoms with E-state index in [9.17, 15) is 0 Å². The molecule has 1 aromatic rings. The molecule has 3 heteroatoms. The minimum atomic E-state index is 0. The molecule has 1 aliphatic carbocycles. The van der Waals surface area contributed by atoms with Gasteiger partial charge in [-0.05, 0) is 29.0 Å². The fourth-order valence-corrected chi connectivity index (χ4v) is 2.73. The van der Waals surface area contributed by atoms with E-state index in [1.807, 2.05) is 0 Å². The van der Waals surface area contributed by atoms with Crippen molar-refractivity contribution in [2.24, 2.45) is 11.1 Å². The first-order valence-corrected chi connectivity index (χ1v) is 5.34. The minimum Gasteiger partial charge on any atom is -0.323 e. The van der Waals surface area contributed by atoms with E-state index < -0.39 is 0 Å². The molecule has 0 spiro atoms. The lowest BCUT2D eigenvalue weighted by Gasteiger charge is -2.23. The Kier molecular flexibility index (Phi) is 3.30. The average molecular weight is 277 g/mol. The van der Waals surface area contributed by atoms with Crippen LogP contribution in [0.25, 0.3) is 0 Å². The van der Waals surface area contributed by atoms with Crippen LogP contribution >= 0.6 is 28.3 Å². The third kappa shape index (κ3) is 1.71. The number of halogens is 2. The van der Waals surface area contributed by atoms with Crippen molar-refractivity contribution < 1.29 is 0 Å². The van der Waals surface area contributed by atoms with Gasteiger partial charge in [-0.25, -0.2) is 0 Å². The van der Waals surface area contributed by atoms with Crippen molar-refractivity contribution in [2.45, 2.75) is 26.3 Å². The highest BCUT2D eigenvalue weighted by Crippen LogP contribution is 2.46. The lowest BCUT2D eigenvalue weighted by atomic mass is 9.86. The number of rotatable bonds is 0. The molecule has 2 N–H and O–H groups in total. The number of hydrogen-bond acceptors (Lipinski definition) is 1. The van der Waals surface area contributed by atoms with Gasteiger partial charge in [-0.15, -0.1) is 12.4 Å². The van der Waals surface area contributed by atoms with Crippen molar-refractivity contribution in [1.29, 1.82) is 0 Å². The summed E-state index contributed by atoms with van der Waals surface area (Å²) < 4.78 is 1.16. The van der Waals surface area contributed by atoms with Gasteiger partial charge in [-0.3, -0.25) is 0 Å². The second kappa shape index (κ2) is 3.84. The predicted molar refractivity (Wildman–Crippen MR) is 65.8 cm³/mol. The number of benzene rings is 1. The zero-order valence-corrected chi connectivity index (χ0v) is 10.8. The lowest BCUT2D eigenvalue weighted by molar-refractivity contribution is 0.318. The van der Waals surface area contributed by atoms with Gasteiger partial charge in [0.05, 0.1) is 0 Å². The highest BCUT2D eigenvalue weighted by Gasteiger charge is 2.37. The summed E-state index contributed by atoms with van der Waals surface area (Å²) in [5, 5.41) is 0. The molecule has 14 heavy (non-hydrogen) atoms. The molecule has 0 saturated carbocycles. The van der Waals surface area contributed by atoms with E-state index in [2.05, 4.69) is 48.0 Å². The van der Waals surface area contributed by atoms with Crippen LogP contribution in [0, 0.1) is 5.41 Å². The third-order valence-corrected chi connectivity index (χ3v) is 3.63. The van der Waals surface area contributed by atoms with Crippen LogP contribution in [-0.4, -0.2) is 0 Å². The van der Waals surface area contributed by atoms with Crippen molar-refractivity contribution in [3.8, 4) is 0 Å². The van der Waals surface area contributed by atoms with Gasteiger partial charge < -0.3 is 5.73 Å². The van der Waals surface area contributed by atoms with E-state index in [1.165, 1.54) is 11.1 Å². The Morgan fingerprint density at radius 1 is 1.43 bits per heavy atom. The molecule has 1 aromatic carbocycles. The van der Waals surface area contributed by atoms with Gasteiger partial charge in [0.25, 0.3) is 0 Å². The number of nitrogens with two attached hydrogens (primary N) is 1. The molecular weight excluding hydrogens is 261 g/mol. The SMILES string of the molecule is CC1(C)Cc2cccc(Br)c2C1N.Cl. The zero-order valence-electron chi connectivity index (χ0n) is 8.38. The Bertz CT molecular complexity index is 349. The first-order chi connectivity index (χ1) is 6.02. The lowest BCUT2D eigenvalue weighted by Crippen LogP contribution is -2.24. The molecule has 2 rings (SSSR count). The number of hydrogen-bond donors (Lipinski definition) is 1. The largest absolute Gasteiger partial charge is 0.323 e. The molecule has 1 nitrogen and oxygen atoms in total. The van der Waals surface area contributed by atoms with E-state index in [-0.39, 0.29) is 23.9 Å². The molecule has 0 saturated heterocycles. The molecule has 1 atom stereocenters. The van der Waals surface area contributed by atoms with E-state index >= 15 is 0 Å². The van der Waals surface area contributed by atoms with E-state index in [0.29, 0.717) is 0 Å². The smallest absolute Gasteiger partial charge is 0.0364 e. The summed E-state index contributed by atoms with van der Waals surface area (Å²) >= 11 is 3.56. The molecule has 1 unspecified atom stereocenters. The molecule has 0 aromatic heterocycles. The quantitative estimate of drug-likeness (QED) is 0.772. The van der Waals surface area contributed by atoms with Crippen LogP contribution in [0.5, 0.6) is 0 Å². The van der Waals surface area contributed by atoms with Crippen molar-refractivity contribution >= 4 is 28.3 Å². The van der Waals surface area contributed by atoms with Crippen LogP contribution in [0.15, 0.2) is 22.7 Å². The van der Waals surface area contributed by atoms with Gasteiger partial charge >= 0.3 is 0 Å². The van der Waals surface area contributed by atoms with Crippen LogP contribution in [-0.2, 0) is 6.42 Å². The Hall–Kier alpha value is -0.0500. The zero-order chi connectivity index (χ0) is 9.64. The van der Waals surface area contributed by atoms with Gasteiger partial charge in [0.1, 0.15) is 0 Å². The molecule has 0 radical (unpaired) electrons. The standard InChI is InChI=1S/C11H14BrN.ClH/c1-11(2)6-7-4-3-5-8(12)9(7)10(11)13;/h3-5,10H,6,13H2,1-2H3;1H. The molecular formula is C11H15BrClN. The summed E-state index contributed by atoms with van der Waals surface area (Å²) in [4.78, 5) is 0. The van der Waals surface area contributed by atoms with Gasteiger partial charge in [-0.2, -0.15) is 0 Å². The average Bonchev–Trinajstić information content (AvgIpc) is 2.24. The Labute approximate surface area is 99.6 Å². The number of fused-ring (bicyclic) bond motifs is 1. The second-order valence-corrected chi connectivity index (χ2v) is 5.31. The van der Waals surface area contributed by atoms with Crippen LogP contribution in [0.3, 0.4) is 0 Å². The van der Waals surface area contributed by atoms with E-state index in [1.54, 1.807) is 0 Å². The highest BCUT2D eigenvalue weighted by atomic mass is 79.9. The van der Waals surface area contributed by atoms with Crippen molar-refractivity contribution in [3.05, 3.63) is 33.8 Å². The normalized spacial score (nSPS) is 22.7. The molecule has 0 bridgehead atoms. The first kappa shape index (κ1) is 12.0. The fourth-order valence-electron chi connectivity index (χ4n) is 2.08. The van der Waals surface area contributed by atoms with Gasteiger partial charge in [0.2, 0.25) is 0 Å². The van der Waals surface area contributed by atoms with Crippen LogP contribution in [0.4, 0.5) is 0 Å². The van der Waals surface area contributed by atoms with Crippen LogP contribution < -0.4 is 5.73 Å². The maximum absolute atomic E-state index is 6.19. The Balaban J connectivity index is 0.000000980. The predicted octanol–water partition coefficient (Wildman–Crippen LogP) is 3.45. The summed E-state index contributed by atoms with van der Waals surface area (Å²) in [6.07, 6.45) is 1.09. The molecule has 0 fully saturated rings. The maximum Gasteiger partial charge on any atom is 0.0364 e. The van der Waals surface area contributed by atoms with Gasteiger partial charge in [-0.1, -0.05) is 41.9 Å². The summed E-state index contributed by atoms with van der Waals surface area (Å²) in [6.45, 7) is 4.45. The molecule has 78 valence electrons. The topological polar surface area (TPSA) is 26.0 Å². The Morgan fingerprint density at radius 2 is 2.07 bits per heavy atom. The summed E-state index contributed by atoms with van der Waals surface area (Å²) in [5.74, 6) is 0. The van der Waals surface area contributed by atoms with Gasteiger partial charge in [0, 0.05) is 10.5 Å². The fraction of sp³-hybridized carbons (Fsp3) is 0.455. The minimum absolute atomic E-state index is 0. The van der Waals surface area contributed by atoms with E-state index in [0.717, 1.165) is 10.9 Å². The van der Waals surface area contributed by atoms with Gasteiger partial charge in [0.15, 0.2) is 0 Å². The van der Waals surface area contributed by atoms with E-state index in [4.69, 9.17) is 5.73 Å². The van der Waals surface area contributed by atoms with Crippen molar-refractivity contribution in [2.75, 3.05) is 0 Å². The first-order valence-electron chi connectivity index (χ1n) is 4.55. The second-order valence-electron chi connectivity index (χ2n) is 4.46. The highest BCUT2D eigenvalue weighted by molar-refractivity contribution is 9.10. The maximum atomic E-state index is 6.19. The monoisotopic (exact) mass is 275 g/mol. The summed E-state index contributed by atoms with van der Waals surface area (Å²) in [6, 6.07) is 6.49. The molecule has 0 amide bonds. The third-order valence-electron chi connectivity index (χ3n) is 2.94. The Morgan fingerprint density at radius 3 is 2.64 bits per heavy atom. The molecule has 1 aliphatic rings. The van der Waals surface area contributed by atoms with Crippen molar-refractivity contribution in [3.63, 3.8) is 0 Å².